The number of ketones is 1. The number of allylic oxidation sites excluding steroid dienone is 2. The molecule has 2 rings (SSSR count). The first kappa shape index (κ1) is 12.9. The smallest absolute Gasteiger partial charge is 0.178 e. The monoisotopic (exact) mass is 276 g/mol. The second kappa shape index (κ2) is 5.84. The van der Waals surface area contributed by atoms with Crippen LogP contribution in [0, 0.1) is 13.8 Å². The molecule has 3 nitrogen and oxygen atoms in total. The Morgan fingerprint density at radius 2 is 1.44 bits per heavy atom. The van der Waals surface area contributed by atoms with E-state index < -0.39 is 0 Å². The van der Waals surface area contributed by atoms with Crippen molar-refractivity contribution < 1.29 is 4.79 Å². The molecular weight excluding hydrogens is 264 g/mol. The van der Waals surface area contributed by atoms with Crippen molar-refractivity contribution in [1.82, 2.24) is 9.97 Å². The van der Waals surface area contributed by atoms with Gasteiger partial charge in [-0.2, -0.15) is 0 Å². The highest BCUT2D eigenvalue weighted by Gasteiger charge is 1.96. The Kier molecular flexibility index (Phi) is 4.17. The fourth-order valence-electron chi connectivity index (χ4n) is 1.26. The van der Waals surface area contributed by atoms with E-state index in [1.807, 2.05) is 24.6 Å². The van der Waals surface area contributed by atoms with Crippen LogP contribution < -0.4 is 0 Å². The molecule has 0 spiro atoms. The van der Waals surface area contributed by atoms with E-state index in [9.17, 15) is 4.79 Å². The van der Waals surface area contributed by atoms with Gasteiger partial charge in [0.1, 0.15) is 10.0 Å². The summed E-state index contributed by atoms with van der Waals surface area (Å²) in [7, 11) is 0. The zero-order valence-corrected chi connectivity index (χ0v) is 11.7. The molecule has 0 amide bonds. The van der Waals surface area contributed by atoms with E-state index in [2.05, 4.69) is 9.97 Å². The van der Waals surface area contributed by atoms with Crippen LogP contribution in [0.25, 0.3) is 12.2 Å². The number of carbonyl (C=O) groups is 1. The Morgan fingerprint density at radius 1 is 1.00 bits per heavy atom. The van der Waals surface area contributed by atoms with Crippen LogP contribution in [0.3, 0.4) is 0 Å². The molecule has 0 fully saturated rings. The number of aryl methyl sites for hydroxylation is 2. The van der Waals surface area contributed by atoms with Gasteiger partial charge in [0.05, 0.1) is 0 Å². The van der Waals surface area contributed by atoms with E-state index in [-0.39, 0.29) is 5.78 Å². The third-order valence-electron chi connectivity index (χ3n) is 2.05. The molecule has 2 heterocycles. The Hall–Kier alpha value is -1.59. The van der Waals surface area contributed by atoms with E-state index in [1.54, 1.807) is 12.2 Å². The summed E-state index contributed by atoms with van der Waals surface area (Å²) in [6.45, 7) is 3.86. The van der Waals surface area contributed by atoms with Gasteiger partial charge >= 0.3 is 0 Å². The molecule has 0 aromatic carbocycles. The molecule has 0 saturated carbocycles. The highest BCUT2D eigenvalue weighted by Crippen LogP contribution is 2.12. The topological polar surface area (TPSA) is 42.9 Å². The van der Waals surface area contributed by atoms with Gasteiger partial charge in [-0.05, 0) is 38.2 Å². The maximum absolute atomic E-state index is 11.6. The quantitative estimate of drug-likeness (QED) is 0.803. The number of nitrogens with zero attached hydrogens (tertiary/aromatic N) is 2. The van der Waals surface area contributed by atoms with Crippen molar-refractivity contribution in [3.63, 3.8) is 0 Å². The summed E-state index contributed by atoms with van der Waals surface area (Å²) >= 11 is 3.05. The highest BCUT2D eigenvalue weighted by atomic mass is 32.1. The van der Waals surface area contributed by atoms with Crippen LogP contribution in [0.2, 0.25) is 0 Å². The highest BCUT2D eigenvalue weighted by molar-refractivity contribution is 7.10. The molecule has 92 valence electrons. The maximum atomic E-state index is 11.6. The Balaban J connectivity index is 1.96. The average Bonchev–Trinajstić information content (AvgIpc) is 2.93. The number of aromatic nitrogens is 2. The van der Waals surface area contributed by atoms with Crippen LogP contribution in [0.5, 0.6) is 0 Å². The summed E-state index contributed by atoms with van der Waals surface area (Å²) in [4.78, 5) is 20.1. The predicted molar refractivity (Wildman–Crippen MR) is 76.8 cm³/mol. The Labute approximate surface area is 114 Å². The molecule has 0 radical (unpaired) electrons. The van der Waals surface area contributed by atoms with Crippen molar-refractivity contribution >= 4 is 40.6 Å². The molecule has 2 aromatic rings. The molecule has 0 bridgehead atoms. The lowest BCUT2D eigenvalue weighted by atomic mass is 10.3. The van der Waals surface area contributed by atoms with E-state index in [4.69, 9.17) is 0 Å². The van der Waals surface area contributed by atoms with Crippen LogP contribution in [0.4, 0.5) is 0 Å². The van der Waals surface area contributed by atoms with Gasteiger partial charge in [0.25, 0.3) is 0 Å². The molecule has 18 heavy (non-hydrogen) atoms. The Morgan fingerprint density at radius 3 is 1.78 bits per heavy atom. The van der Waals surface area contributed by atoms with Gasteiger partial charge in [0, 0.05) is 22.1 Å². The molecule has 0 N–H and O–H groups in total. The van der Waals surface area contributed by atoms with Crippen molar-refractivity contribution in [3.05, 3.63) is 44.3 Å². The standard InChI is InChI=1S/C13H12N2OS2/c1-9-7-17-12(14-9)5-3-11(16)4-6-13-15-10(2)8-18-13/h3-8H,1-2H3/b5-3+,6-4+. The van der Waals surface area contributed by atoms with Crippen molar-refractivity contribution in [2.75, 3.05) is 0 Å². The number of thiazole rings is 2. The minimum absolute atomic E-state index is 0.0595. The van der Waals surface area contributed by atoms with Crippen molar-refractivity contribution in [3.8, 4) is 0 Å². The fraction of sp³-hybridized carbons (Fsp3) is 0.154. The first-order valence-electron chi connectivity index (χ1n) is 5.38. The molecular formula is C13H12N2OS2. The number of carbonyl (C=O) groups excluding carboxylic acids is 1. The lowest BCUT2D eigenvalue weighted by Gasteiger charge is -1.84. The largest absolute Gasteiger partial charge is 0.290 e. The van der Waals surface area contributed by atoms with Crippen LogP contribution in [0.1, 0.15) is 21.4 Å². The van der Waals surface area contributed by atoms with Crippen LogP contribution in [-0.4, -0.2) is 15.8 Å². The summed E-state index contributed by atoms with van der Waals surface area (Å²) in [6.07, 6.45) is 6.51. The zero-order chi connectivity index (χ0) is 13.0. The number of rotatable bonds is 4. The summed E-state index contributed by atoms with van der Waals surface area (Å²) in [5.41, 5.74) is 1.95. The van der Waals surface area contributed by atoms with Crippen molar-refractivity contribution in [2.24, 2.45) is 0 Å². The predicted octanol–water partition coefficient (Wildman–Crippen LogP) is 3.51. The minimum Gasteiger partial charge on any atom is -0.290 e. The summed E-state index contributed by atoms with van der Waals surface area (Å²) in [5.74, 6) is -0.0595. The normalized spacial score (nSPS) is 11.7. The molecule has 0 aliphatic heterocycles. The fourth-order valence-corrected chi connectivity index (χ4v) is 2.63. The molecule has 0 aliphatic rings. The minimum atomic E-state index is -0.0595. The first-order valence-corrected chi connectivity index (χ1v) is 7.14. The molecule has 0 atom stereocenters. The van der Waals surface area contributed by atoms with Gasteiger partial charge in [-0.3, -0.25) is 4.79 Å². The number of hydrogen-bond donors (Lipinski definition) is 0. The van der Waals surface area contributed by atoms with Crippen LogP contribution in [-0.2, 0) is 4.79 Å². The van der Waals surface area contributed by atoms with Gasteiger partial charge in [-0.15, -0.1) is 22.7 Å². The SMILES string of the molecule is Cc1csc(/C=C/C(=O)/C=C/c2nc(C)cs2)n1. The molecule has 0 aliphatic carbocycles. The molecule has 5 heteroatoms. The number of hydrogen-bond acceptors (Lipinski definition) is 5. The second-order valence-electron chi connectivity index (χ2n) is 3.72. The molecule has 0 saturated heterocycles. The van der Waals surface area contributed by atoms with Crippen LogP contribution in [0.15, 0.2) is 22.9 Å². The first-order chi connectivity index (χ1) is 8.63. The van der Waals surface area contributed by atoms with Gasteiger partial charge in [-0.25, -0.2) is 9.97 Å². The molecule has 0 unspecified atom stereocenters. The second-order valence-corrected chi connectivity index (χ2v) is 5.50. The third-order valence-corrected chi connectivity index (χ3v) is 3.91. The van der Waals surface area contributed by atoms with E-state index in [0.717, 1.165) is 21.4 Å². The third kappa shape index (κ3) is 3.72. The maximum Gasteiger partial charge on any atom is 0.178 e. The van der Waals surface area contributed by atoms with Gasteiger partial charge in [-0.1, -0.05) is 0 Å². The Bertz CT molecular complexity index is 556. The van der Waals surface area contributed by atoms with Gasteiger partial charge < -0.3 is 0 Å². The summed E-state index contributed by atoms with van der Waals surface area (Å²) < 4.78 is 0. The average molecular weight is 276 g/mol. The lowest BCUT2D eigenvalue weighted by Crippen LogP contribution is -1.84. The van der Waals surface area contributed by atoms with Crippen molar-refractivity contribution in [1.29, 1.82) is 0 Å². The van der Waals surface area contributed by atoms with Gasteiger partial charge in [0.15, 0.2) is 5.78 Å². The van der Waals surface area contributed by atoms with Gasteiger partial charge in [0.2, 0.25) is 0 Å². The summed E-state index contributed by atoms with van der Waals surface area (Å²) in [6, 6.07) is 0. The van der Waals surface area contributed by atoms with E-state index >= 15 is 0 Å². The molecule has 2 aromatic heterocycles. The van der Waals surface area contributed by atoms with E-state index in [0.29, 0.717) is 0 Å². The summed E-state index contributed by atoms with van der Waals surface area (Å²) in [5, 5.41) is 5.61. The lowest BCUT2D eigenvalue weighted by molar-refractivity contribution is -0.110. The zero-order valence-electron chi connectivity index (χ0n) is 10.1. The van der Waals surface area contributed by atoms with Crippen LogP contribution >= 0.6 is 22.7 Å². The van der Waals surface area contributed by atoms with E-state index in [1.165, 1.54) is 34.8 Å². The van der Waals surface area contributed by atoms with Crippen molar-refractivity contribution in [2.45, 2.75) is 13.8 Å².